The fourth-order valence-corrected chi connectivity index (χ4v) is 2.18. The predicted molar refractivity (Wildman–Crippen MR) is 94.8 cm³/mol. The summed E-state index contributed by atoms with van der Waals surface area (Å²) in [5, 5.41) is 13.6. The van der Waals surface area contributed by atoms with Gasteiger partial charge in [0.25, 0.3) is 11.6 Å². The lowest BCUT2D eigenvalue weighted by molar-refractivity contribution is -0.384. The minimum absolute atomic E-state index is 0.000770. The Kier molecular flexibility index (Phi) is 6.47. The van der Waals surface area contributed by atoms with Gasteiger partial charge >= 0.3 is 0 Å². The monoisotopic (exact) mass is 343 g/mol. The summed E-state index contributed by atoms with van der Waals surface area (Å²) < 4.78 is 5.68. The highest BCUT2D eigenvalue weighted by Gasteiger charge is 2.13. The van der Waals surface area contributed by atoms with Crippen molar-refractivity contribution >= 4 is 11.6 Å². The molecule has 7 nitrogen and oxygen atoms in total. The number of non-ortho nitro benzene ring substituents is 1. The molecule has 7 heteroatoms. The quantitative estimate of drug-likeness (QED) is 0.588. The van der Waals surface area contributed by atoms with Gasteiger partial charge in [-0.15, -0.1) is 0 Å². The Morgan fingerprint density at radius 1 is 1.20 bits per heavy atom. The first kappa shape index (κ1) is 18.4. The molecular formula is C18H21N3O4. The maximum Gasteiger partial charge on any atom is 0.269 e. The number of ether oxygens (including phenoxy) is 1. The standard InChI is InChI=1S/C18H21N3O4/c1-20(2)10-11-25-17-9-4-3-8-16(17)18(22)19-13-14-6-5-7-15(12-14)21(23)24/h3-9,12H,10-11,13H2,1-2H3,(H,19,22). The Labute approximate surface area is 146 Å². The second-order valence-electron chi connectivity index (χ2n) is 5.76. The molecule has 2 rings (SSSR count). The van der Waals surface area contributed by atoms with Gasteiger partial charge in [-0.1, -0.05) is 24.3 Å². The van der Waals surface area contributed by atoms with Crippen LogP contribution in [-0.4, -0.2) is 43.0 Å². The number of nitrogens with one attached hydrogen (secondary N) is 1. The summed E-state index contributed by atoms with van der Waals surface area (Å²) in [6, 6.07) is 13.2. The van der Waals surface area contributed by atoms with Gasteiger partial charge in [0.1, 0.15) is 12.4 Å². The number of hydrogen-bond acceptors (Lipinski definition) is 5. The minimum Gasteiger partial charge on any atom is -0.491 e. The molecule has 0 saturated carbocycles. The van der Waals surface area contributed by atoms with E-state index in [9.17, 15) is 14.9 Å². The van der Waals surface area contributed by atoms with Crippen LogP contribution in [0.4, 0.5) is 5.69 Å². The van der Waals surface area contributed by atoms with Crippen LogP contribution in [-0.2, 0) is 6.54 Å². The number of amides is 1. The van der Waals surface area contributed by atoms with Crippen molar-refractivity contribution in [3.8, 4) is 5.75 Å². The third-order valence-corrected chi connectivity index (χ3v) is 3.50. The normalized spacial score (nSPS) is 10.5. The largest absolute Gasteiger partial charge is 0.491 e. The SMILES string of the molecule is CN(C)CCOc1ccccc1C(=O)NCc1cccc([N+](=O)[O-])c1. The molecule has 0 spiro atoms. The van der Waals surface area contributed by atoms with Crippen molar-refractivity contribution in [1.82, 2.24) is 10.2 Å². The van der Waals surface area contributed by atoms with E-state index in [1.807, 2.05) is 25.1 Å². The average Bonchev–Trinajstić information content (AvgIpc) is 2.60. The number of rotatable bonds is 8. The molecule has 0 radical (unpaired) electrons. The third kappa shape index (κ3) is 5.58. The number of nitro groups is 1. The first-order valence-corrected chi connectivity index (χ1v) is 7.85. The Bertz CT molecular complexity index is 747. The second-order valence-corrected chi connectivity index (χ2v) is 5.76. The van der Waals surface area contributed by atoms with Crippen molar-refractivity contribution in [2.75, 3.05) is 27.2 Å². The summed E-state index contributed by atoms with van der Waals surface area (Å²) in [7, 11) is 3.89. The van der Waals surface area contributed by atoms with Gasteiger partial charge < -0.3 is 15.0 Å². The number of carbonyl (C=O) groups is 1. The summed E-state index contributed by atoms with van der Waals surface area (Å²) in [6.07, 6.45) is 0. The second kappa shape index (κ2) is 8.79. The number of likely N-dealkylation sites (N-methyl/N-ethyl adjacent to an activating group) is 1. The van der Waals surface area contributed by atoms with E-state index in [1.165, 1.54) is 12.1 Å². The number of nitrogens with zero attached hydrogens (tertiary/aromatic N) is 2. The summed E-state index contributed by atoms with van der Waals surface area (Å²) >= 11 is 0. The first-order chi connectivity index (χ1) is 12.0. The van der Waals surface area contributed by atoms with Crippen LogP contribution in [0, 0.1) is 10.1 Å². The van der Waals surface area contributed by atoms with Crippen LogP contribution in [0.1, 0.15) is 15.9 Å². The lowest BCUT2D eigenvalue weighted by atomic mass is 10.1. The van der Waals surface area contributed by atoms with Gasteiger partial charge in [0, 0.05) is 25.2 Å². The number of hydrogen-bond donors (Lipinski definition) is 1. The van der Waals surface area contributed by atoms with Crippen molar-refractivity contribution < 1.29 is 14.5 Å². The molecule has 0 fully saturated rings. The van der Waals surface area contributed by atoms with E-state index in [-0.39, 0.29) is 18.1 Å². The third-order valence-electron chi connectivity index (χ3n) is 3.50. The molecule has 0 aliphatic carbocycles. The van der Waals surface area contributed by atoms with Gasteiger partial charge in [0.2, 0.25) is 0 Å². The number of nitro benzene ring substituents is 1. The maximum atomic E-state index is 12.4. The van der Waals surface area contributed by atoms with E-state index >= 15 is 0 Å². The fraction of sp³-hybridized carbons (Fsp3) is 0.278. The molecule has 2 aromatic carbocycles. The van der Waals surface area contributed by atoms with Crippen LogP contribution in [0.25, 0.3) is 0 Å². The van der Waals surface area contributed by atoms with E-state index in [4.69, 9.17) is 4.74 Å². The Balaban J connectivity index is 2.01. The van der Waals surface area contributed by atoms with Crippen LogP contribution in [0.3, 0.4) is 0 Å². The van der Waals surface area contributed by atoms with Gasteiger partial charge in [0.05, 0.1) is 10.5 Å². The van der Waals surface area contributed by atoms with Gasteiger partial charge in [-0.05, 0) is 31.8 Å². The lowest BCUT2D eigenvalue weighted by Crippen LogP contribution is -2.24. The van der Waals surface area contributed by atoms with Crippen LogP contribution < -0.4 is 10.1 Å². The molecule has 0 atom stereocenters. The van der Waals surface area contributed by atoms with Crippen LogP contribution in [0.5, 0.6) is 5.75 Å². The van der Waals surface area contributed by atoms with E-state index in [2.05, 4.69) is 5.32 Å². The molecular weight excluding hydrogens is 322 g/mol. The van der Waals surface area contributed by atoms with Crippen LogP contribution in [0.2, 0.25) is 0 Å². The van der Waals surface area contributed by atoms with Crippen molar-refractivity contribution in [2.45, 2.75) is 6.54 Å². The molecule has 0 aliphatic heterocycles. The van der Waals surface area contributed by atoms with Crippen LogP contribution in [0.15, 0.2) is 48.5 Å². The van der Waals surface area contributed by atoms with Gasteiger partial charge in [0.15, 0.2) is 0 Å². The highest BCUT2D eigenvalue weighted by atomic mass is 16.6. The van der Waals surface area contributed by atoms with E-state index in [0.29, 0.717) is 23.5 Å². The Morgan fingerprint density at radius 2 is 1.96 bits per heavy atom. The van der Waals surface area contributed by atoms with Crippen molar-refractivity contribution in [3.63, 3.8) is 0 Å². The van der Waals surface area contributed by atoms with Gasteiger partial charge in [-0.3, -0.25) is 14.9 Å². The molecule has 0 aromatic heterocycles. The number of carbonyl (C=O) groups excluding carboxylic acids is 1. The average molecular weight is 343 g/mol. The van der Waals surface area contributed by atoms with E-state index in [1.54, 1.807) is 30.3 Å². The molecule has 2 aromatic rings. The van der Waals surface area contributed by atoms with Crippen molar-refractivity contribution in [1.29, 1.82) is 0 Å². The smallest absolute Gasteiger partial charge is 0.269 e. The molecule has 25 heavy (non-hydrogen) atoms. The van der Waals surface area contributed by atoms with Crippen molar-refractivity contribution in [2.24, 2.45) is 0 Å². The predicted octanol–water partition coefficient (Wildman–Crippen LogP) is 2.47. The zero-order chi connectivity index (χ0) is 18.2. The molecule has 0 bridgehead atoms. The molecule has 132 valence electrons. The molecule has 1 amide bonds. The summed E-state index contributed by atoms with van der Waals surface area (Å²) in [4.78, 5) is 24.8. The van der Waals surface area contributed by atoms with Crippen LogP contribution >= 0.6 is 0 Å². The molecule has 0 aliphatic rings. The molecule has 0 saturated heterocycles. The molecule has 1 N–H and O–H groups in total. The van der Waals surface area contributed by atoms with E-state index < -0.39 is 4.92 Å². The minimum atomic E-state index is -0.459. The summed E-state index contributed by atoms with van der Waals surface area (Å²) in [6.45, 7) is 1.42. The van der Waals surface area contributed by atoms with Crippen molar-refractivity contribution in [3.05, 3.63) is 69.8 Å². The van der Waals surface area contributed by atoms with Gasteiger partial charge in [-0.25, -0.2) is 0 Å². The summed E-state index contributed by atoms with van der Waals surface area (Å²) in [5.74, 6) is 0.229. The fourth-order valence-electron chi connectivity index (χ4n) is 2.18. The highest BCUT2D eigenvalue weighted by Crippen LogP contribution is 2.18. The maximum absolute atomic E-state index is 12.4. The first-order valence-electron chi connectivity index (χ1n) is 7.85. The van der Waals surface area contributed by atoms with E-state index in [0.717, 1.165) is 6.54 Å². The zero-order valence-corrected chi connectivity index (χ0v) is 14.3. The Hall–Kier alpha value is -2.93. The zero-order valence-electron chi connectivity index (χ0n) is 14.3. The molecule has 0 heterocycles. The highest BCUT2D eigenvalue weighted by molar-refractivity contribution is 5.96. The number of benzene rings is 2. The Morgan fingerprint density at radius 3 is 2.68 bits per heavy atom. The number of para-hydroxylation sites is 1. The van der Waals surface area contributed by atoms with Gasteiger partial charge in [-0.2, -0.15) is 0 Å². The lowest BCUT2D eigenvalue weighted by Gasteiger charge is -2.14. The topological polar surface area (TPSA) is 84.7 Å². The molecule has 0 unspecified atom stereocenters. The summed E-state index contributed by atoms with van der Waals surface area (Å²) in [5.41, 5.74) is 1.10.